The molecule has 0 aliphatic rings. The van der Waals surface area contributed by atoms with Crippen molar-refractivity contribution in [1.82, 2.24) is 4.98 Å². The number of rotatable bonds is 4. The number of aromatic nitrogens is 1. The number of hydrogen-bond acceptors (Lipinski definition) is 4. The summed E-state index contributed by atoms with van der Waals surface area (Å²) >= 11 is 1.69. The third-order valence-corrected chi connectivity index (χ3v) is 4.03. The summed E-state index contributed by atoms with van der Waals surface area (Å²) in [6.07, 6.45) is 3.70. The van der Waals surface area contributed by atoms with E-state index >= 15 is 0 Å². The molecule has 3 nitrogen and oxygen atoms in total. The van der Waals surface area contributed by atoms with Gasteiger partial charge in [-0.3, -0.25) is 0 Å². The molecule has 1 N–H and O–H groups in total. The summed E-state index contributed by atoms with van der Waals surface area (Å²) in [6.45, 7) is -0.0315. The van der Waals surface area contributed by atoms with E-state index in [1.165, 1.54) is 4.90 Å². The average Bonchev–Trinajstić information content (AvgIpc) is 2.56. The van der Waals surface area contributed by atoms with Crippen LogP contribution in [0.3, 0.4) is 0 Å². The van der Waals surface area contributed by atoms with Crippen LogP contribution in [0.15, 0.2) is 59.6 Å². The molecule has 4 heteroatoms. The predicted octanol–water partition coefficient (Wildman–Crippen LogP) is 4.24. The quantitative estimate of drug-likeness (QED) is 0.731. The molecule has 0 atom stereocenters. The minimum atomic E-state index is -0.0315. The number of aliphatic hydroxyl groups is 1. The molecule has 106 valence electrons. The molecule has 3 aromatic rings. The zero-order chi connectivity index (χ0) is 14.7. The van der Waals surface area contributed by atoms with Crippen molar-refractivity contribution in [2.45, 2.75) is 11.5 Å². The highest BCUT2D eigenvalue weighted by atomic mass is 32.2. The van der Waals surface area contributed by atoms with Crippen LogP contribution in [-0.4, -0.2) is 16.3 Å². The summed E-state index contributed by atoms with van der Waals surface area (Å²) in [5, 5.41) is 11.3. The smallest absolute Gasteiger partial charge is 0.227 e. The van der Waals surface area contributed by atoms with Crippen LogP contribution in [0.25, 0.3) is 10.8 Å². The van der Waals surface area contributed by atoms with Gasteiger partial charge in [-0.25, -0.2) is 4.98 Å². The van der Waals surface area contributed by atoms with Crippen LogP contribution >= 0.6 is 11.8 Å². The molecule has 0 aliphatic carbocycles. The molecule has 0 radical (unpaired) electrons. The fraction of sp³-hybridized carbons (Fsp3) is 0.118. The molecule has 0 saturated heterocycles. The predicted molar refractivity (Wildman–Crippen MR) is 86.0 cm³/mol. The maximum atomic E-state index is 9.39. The molecular weight excluding hydrogens is 282 g/mol. The van der Waals surface area contributed by atoms with E-state index in [9.17, 15) is 5.11 Å². The lowest BCUT2D eigenvalue weighted by Crippen LogP contribution is -1.93. The summed E-state index contributed by atoms with van der Waals surface area (Å²) < 4.78 is 5.89. The second-order valence-corrected chi connectivity index (χ2v) is 5.45. The van der Waals surface area contributed by atoms with Crippen LogP contribution in [0.1, 0.15) is 5.56 Å². The molecule has 0 fully saturated rings. The van der Waals surface area contributed by atoms with Gasteiger partial charge in [-0.15, -0.1) is 11.8 Å². The largest absolute Gasteiger partial charge is 0.438 e. The maximum absolute atomic E-state index is 9.39. The van der Waals surface area contributed by atoms with Crippen LogP contribution in [0.4, 0.5) is 0 Å². The summed E-state index contributed by atoms with van der Waals surface area (Å²) in [7, 11) is 0. The van der Waals surface area contributed by atoms with Crippen molar-refractivity contribution in [3.8, 4) is 11.6 Å². The van der Waals surface area contributed by atoms with E-state index in [4.69, 9.17) is 4.74 Å². The molecule has 0 spiro atoms. The number of hydrogen-bond donors (Lipinski definition) is 1. The van der Waals surface area contributed by atoms with Gasteiger partial charge in [0.25, 0.3) is 0 Å². The van der Waals surface area contributed by atoms with Crippen molar-refractivity contribution >= 4 is 22.5 Å². The van der Waals surface area contributed by atoms with Crippen molar-refractivity contribution in [2.75, 3.05) is 6.26 Å². The third kappa shape index (κ3) is 2.86. The Morgan fingerprint density at radius 2 is 1.76 bits per heavy atom. The number of benzene rings is 2. The van der Waals surface area contributed by atoms with Crippen LogP contribution in [0.2, 0.25) is 0 Å². The van der Waals surface area contributed by atoms with Gasteiger partial charge in [0.1, 0.15) is 5.75 Å². The van der Waals surface area contributed by atoms with E-state index in [-0.39, 0.29) is 6.61 Å². The molecule has 3 rings (SSSR count). The standard InChI is InChI=1S/C17H15NO2S/c1-21-14-8-6-13(7-9-14)20-17-16-5-3-2-4-15(16)12(11-19)10-18-17/h2-10,19H,11H2,1H3. The van der Waals surface area contributed by atoms with Crippen LogP contribution in [-0.2, 0) is 6.61 Å². The number of thioether (sulfide) groups is 1. The lowest BCUT2D eigenvalue weighted by Gasteiger charge is -2.10. The first-order valence-corrected chi connectivity index (χ1v) is 7.83. The van der Waals surface area contributed by atoms with E-state index in [2.05, 4.69) is 4.98 Å². The Balaban J connectivity index is 2.00. The topological polar surface area (TPSA) is 42.4 Å². The van der Waals surface area contributed by atoms with Gasteiger partial charge in [0.05, 0.1) is 6.61 Å². The Labute approximate surface area is 127 Å². The fourth-order valence-electron chi connectivity index (χ4n) is 2.19. The van der Waals surface area contributed by atoms with Gasteiger partial charge < -0.3 is 9.84 Å². The Morgan fingerprint density at radius 1 is 1.05 bits per heavy atom. The number of nitrogens with zero attached hydrogens (tertiary/aromatic N) is 1. The lowest BCUT2D eigenvalue weighted by molar-refractivity contribution is 0.283. The molecule has 21 heavy (non-hydrogen) atoms. The van der Waals surface area contributed by atoms with E-state index in [0.29, 0.717) is 5.88 Å². The third-order valence-electron chi connectivity index (χ3n) is 3.29. The van der Waals surface area contributed by atoms with Crippen molar-refractivity contribution in [3.63, 3.8) is 0 Å². The van der Waals surface area contributed by atoms with Crippen LogP contribution < -0.4 is 4.74 Å². The minimum absolute atomic E-state index is 0.0315. The highest BCUT2D eigenvalue weighted by Crippen LogP contribution is 2.30. The van der Waals surface area contributed by atoms with Gasteiger partial charge in [-0.05, 0) is 42.0 Å². The van der Waals surface area contributed by atoms with Gasteiger partial charge >= 0.3 is 0 Å². The molecule has 0 bridgehead atoms. The van der Waals surface area contributed by atoms with E-state index in [1.54, 1.807) is 18.0 Å². The molecule has 0 aliphatic heterocycles. The van der Waals surface area contributed by atoms with E-state index < -0.39 is 0 Å². The van der Waals surface area contributed by atoms with Crippen molar-refractivity contribution in [1.29, 1.82) is 0 Å². The molecule has 2 aromatic carbocycles. The maximum Gasteiger partial charge on any atom is 0.227 e. The second kappa shape index (κ2) is 6.16. The number of pyridine rings is 1. The summed E-state index contributed by atoms with van der Waals surface area (Å²) in [4.78, 5) is 5.52. The molecule has 0 saturated carbocycles. The number of fused-ring (bicyclic) bond motifs is 1. The van der Waals surface area contributed by atoms with Crippen molar-refractivity contribution < 1.29 is 9.84 Å². The molecule has 0 amide bonds. The van der Waals surface area contributed by atoms with Crippen molar-refractivity contribution in [3.05, 3.63) is 60.3 Å². The first-order valence-electron chi connectivity index (χ1n) is 6.61. The Morgan fingerprint density at radius 3 is 2.43 bits per heavy atom. The number of ether oxygens (including phenoxy) is 1. The van der Waals surface area contributed by atoms with Gasteiger partial charge in [-0.2, -0.15) is 0 Å². The summed E-state index contributed by atoms with van der Waals surface area (Å²) in [5.74, 6) is 1.31. The SMILES string of the molecule is CSc1ccc(Oc2ncc(CO)c3ccccc23)cc1. The molecule has 1 aromatic heterocycles. The Bertz CT molecular complexity index is 756. The monoisotopic (exact) mass is 297 g/mol. The molecular formula is C17H15NO2S. The van der Waals surface area contributed by atoms with Gasteiger partial charge in [0, 0.05) is 22.0 Å². The zero-order valence-electron chi connectivity index (χ0n) is 11.6. The highest BCUT2D eigenvalue weighted by Gasteiger charge is 2.08. The molecule has 1 heterocycles. The first-order chi connectivity index (χ1) is 10.3. The van der Waals surface area contributed by atoms with Crippen molar-refractivity contribution in [2.24, 2.45) is 0 Å². The average molecular weight is 297 g/mol. The van der Waals surface area contributed by atoms with Crippen LogP contribution in [0.5, 0.6) is 11.6 Å². The fourth-order valence-corrected chi connectivity index (χ4v) is 2.60. The first kappa shape index (κ1) is 13.9. The normalized spacial score (nSPS) is 10.8. The van der Waals surface area contributed by atoms with Gasteiger partial charge in [0.15, 0.2) is 0 Å². The van der Waals surface area contributed by atoms with Gasteiger partial charge in [0.2, 0.25) is 5.88 Å². The summed E-state index contributed by atoms with van der Waals surface area (Å²) in [6, 6.07) is 15.7. The summed E-state index contributed by atoms with van der Waals surface area (Å²) in [5.41, 5.74) is 0.802. The highest BCUT2D eigenvalue weighted by molar-refractivity contribution is 7.98. The second-order valence-electron chi connectivity index (χ2n) is 4.57. The van der Waals surface area contributed by atoms with E-state index in [0.717, 1.165) is 22.1 Å². The van der Waals surface area contributed by atoms with E-state index in [1.807, 2.05) is 54.8 Å². The zero-order valence-corrected chi connectivity index (χ0v) is 12.4. The number of aliphatic hydroxyl groups excluding tert-OH is 1. The lowest BCUT2D eigenvalue weighted by atomic mass is 10.1. The van der Waals surface area contributed by atoms with Gasteiger partial charge in [-0.1, -0.05) is 18.2 Å². The molecule has 0 unspecified atom stereocenters. The Hall–Kier alpha value is -2.04. The van der Waals surface area contributed by atoms with Crippen LogP contribution in [0, 0.1) is 0 Å². The minimum Gasteiger partial charge on any atom is -0.438 e. The Kier molecular flexibility index (Phi) is 4.08.